The van der Waals surface area contributed by atoms with Crippen molar-refractivity contribution in [2.24, 2.45) is 0 Å². The van der Waals surface area contributed by atoms with Gasteiger partial charge < -0.3 is 14.6 Å². The highest BCUT2D eigenvalue weighted by atomic mass is 16.3. The van der Waals surface area contributed by atoms with Gasteiger partial charge in [0.05, 0.1) is 6.26 Å². The smallest absolute Gasteiger partial charge is 0.276 e. The molecule has 2 N–H and O–H groups in total. The molecule has 118 valence electrons. The predicted octanol–water partition coefficient (Wildman–Crippen LogP) is 3.30. The summed E-state index contributed by atoms with van der Waals surface area (Å²) < 4.78 is 5.28. The number of hydrogen-bond acceptors (Lipinski definition) is 4. The number of benzene rings is 1. The molecule has 1 aromatic carbocycles. The molecule has 0 radical (unpaired) electrons. The first-order valence-electron chi connectivity index (χ1n) is 7.23. The van der Waals surface area contributed by atoms with E-state index in [1.165, 1.54) is 0 Å². The van der Waals surface area contributed by atoms with Crippen molar-refractivity contribution in [2.45, 2.75) is 6.92 Å². The molecule has 1 amide bonds. The highest BCUT2D eigenvalue weighted by Crippen LogP contribution is 2.22. The molecule has 0 spiro atoms. The second-order valence-corrected chi connectivity index (χ2v) is 5.49. The van der Waals surface area contributed by atoms with Gasteiger partial charge in [0.15, 0.2) is 11.5 Å². The molecule has 0 saturated carbocycles. The van der Waals surface area contributed by atoms with Crippen LogP contribution in [0.2, 0.25) is 0 Å². The molecule has 0 aliphatic rings. The van der Waals surface area contributed by atoms with Crippen molar-refractivity contribution < 1.29 is 9.21 Å². The van der Waals surface area contributed by atoms with E-state index in [2.05, 4.69) is 15.5 Å². The van der Waals surface area contributed by atoms with Crippen LogP contribution in [-0.4, -0.2) is 30.2 Å². The van der Waals surface area contributed by atoms with E-state index in [0.717, 1.165) is 16.9 Å². The van der Waals surface area contributed by atoms with Crippen molar-refractivity contribution in [2.75, 3.05) is 24.3 Å². The van der Waals surface area contributed by atoms with Gasteiger partial charge in [-0.15, -0.1) is 0 Å². The second-order valence-electron chi connectivity index (χ2n) is 5.49. The minimum absolute atomic E-state index is 0.264. The summed E-state index contributed by atoms with van der Waals surface area (Å²) in [6.07, 6.45) is 1.57. The number of rotatable bonds is 4. The maximum Gasteiger partial charge on any atom is 0.276 e. The maximum absolute atomic E-state index is 12.3. The largest absolute Gasteiger partial charge is 0.463 e. The number of aromatic amines is 1. The summed E-state index contributed by atoms with van der Waals surface area (Å²) in [6.45, 7) is 1.96. The Labute approximate surface area is 134 Å². The average molecular weight is 310 g/mol. The molecule has 3 rings (SSSR count). The van der Waals surface area contributed by atoms with Crippen LogP contribution in [0.5, 0.6) is 0 Å². The van der Waals surface area contributed by atoms with E-state index in [9.17, 15) is 4.79 Å². The van der Waals surface area contributed by atoms with Crippen molar-refractivity contribution in [1.29, 1.82) is 0 Å². The molecule has 0 aliphatic carbocycles. The van der Waals surface area contributed by atoms with E-state index >= 15 is 0 Å². The third-order valence-corrected chi connectivity index (χ3v) is 3.57. The number of amides is 1. The summed E-state index contributed by atoms with van der Waals surface area (Å²) in [7, 11) is 3.96. The molecule has 0 saturated heterocycles. The number of carbonyl (C=O) groups is 1. The summed E-state index contributed by atoms with van der Waals surface area (Å²) in [5.41, 5.74) is 3.82. The van der Waals surface area contributed by atoms with Crippen LogP contribution in [0.3, 0.4) is 0 Å². The van der Waals surface area contributed by atoms with Gasteiger partial charge >= 0.3 is 0 Å². The summed E-state index contributed by atoms with van der Waals surface area (Å²) in [6, 6.07) is 11.1. The fourth-order valence-corrected chi connectivity index (χ4v) is 2.25. The summed E-state index contributed by atoms with van der Waals surface area (Å²) in [5, 5.41) is 9.72. The van der Waals surface area contributed by atoms with Crippen LogP contribution in [0.4, 0.5) is 11.4 Å². The fraction of sp³-hybridized carbons (Fsp3) is 0.176. The first-order chi connectivity index (χ1) is 11.0. The van der Waals surface area contributed by atoms with Gasteiger partial charge in [0.1, 0.15) is 5.69 Å². The van der Waals surface area contributed by atoms with Crippen LogP contribution >= 0.6 is 0 Å². The number of furan rings is 1. The lowest BCUT2D eigenvalue weighted by molar-refractivity contribution is 0.102. The Morgan fingerprint density at radius 1 is 1.26 bits per heavy atom. The number of anilines is 2. The van der Waals surface area contributed by atoms with E-state index in [0.29, 0.717) is 17.1 Å². The predicted molar refractivity (Wildman–Crippen MR) is 89.7 cm³/mol. The maximum atomic E-state index is 12.3. The highest BCUT2D eigenvalue weighted by Gasteiger charge is 2.14. The first kappa shape index (κ1) is 14.9. The highest BCUT2D eigenvalue weighted by molar-refractivity contribution is 6.03. The van der Waals surface area contributed by atoms with Gasteiger partial charge in [-0.05, 0) is 42.8 Å². The lowest BCUT2D eigenvalue weighted by Gasteiger charge is -2.15. The number of nitrogens with one attached hydrogen (secondary N) is 2. The number of nitrogens with zero attached hydrogens (tertiary/aromatic N) is 2. The number of aromatic nitrogens is 2. The number of H-pyrrole nitrogens is 1. The van der Waals surface area contributed by atoms with Crippen molar-refractivity contribution in [1.82, 2.24) is 10.2 Å². The molecule has 0 bridgehead atoms. The zero-order valence-corrected chi connectivity index (χ0v) is 13.3. The van der Waals surface area contributed by atoms with Crippen LogP contribution in [0.1, 0.15) is 16.1 Å². The van der Waals surface area contributed by atoms with Crippen LogP contribution in [0.15, 0.2) is 47.1 Å². The first-order valence-corrected chi connectivity index (χ1v) is 7.23. The lowest BCUT2D eigenvalue weighted by Crippen LogP contribution is -2.14. The molecule has 2 heterocycles. The van der Waals surface area contributed by atoms with Crippen molar-refractivity contribution in [3.05, 3.63) is 53.9 Å². The van der Waals surface area contributed by atoms with Gasteiger partial charge in [-0.3, -0.25) is 9.89 Å². The molecule has 0 fully saturated rings. The summed E-state index contributed by atoms with van der Waals surface area (Å²) >= 11 is 0. The Kier molecular flexibility index (Phi) is 3.89. The molecular formula is C17H18N4O2. The standard InChI is InChI=1S/C17H18N4O2/c1-11-9-12(21(2)3)6-7-13(11)18-17(22)15-10-14(19-20-15)16-5-4-8-23-16/h4-10H,1-3H3,(H,18,22)(H,19,20). The van der Waals surface area contributed by atoms with Crippen molar-refractivity contribution >= 4 is 17.3 Å². The monoisotopic (exact) mass is 310 g/mol. The zero-order valence-electron chi connectivity index (χ0n) is 13.3. The SMILES string of the molecule is Cc1cc(N(C)C)ccc1NC(=O)c1cc(-c2ccco2)[nH]n1. The Bertz CT molecular complexity index is 819. The van der Waals surface area contributed by atoms with Crippen LogP contribution < -0.4 is 10.2 Å². The number of carbonyl (C=O) groups excluding carboxylic acids is 1. The fourth-order valence-electron chi connectivity index (χ4n) is 2.25. The van der Waals surface area contributed by atoms with Crippen LogP contribution in [0, 0.1) is 6.92 Å². The molecule has 0 atom stereocenters. The van der Waals surface area contributed by atoms with Crippen molar-refractivity contribution in [3.63, 3.8) is 0 Å². The Balaban J connectivity index is 1.77. The van der Waals surface area contributed by atoms with Gasteiger partial charge in [-0.2, -0.15) is 5.10 Å². The van der Waals surface area contributed by atoms with E-state index < -0.39 is 0 Å². The Hall–Kier alpha value is -3.02. The molecule has 0 unspecified atom stereocenters. The van der Waals surface area contributed by atoms with Crippen LogP contribution in [0.25, 0.3) is 11.5 Å². The second kappa shape index (κ2) is 6.00. The normalized spacial score (nSPS) is 10.6. The molecular weight excluding hydrogens is 292 g/mol. The molecule has 3 aromatic rings. The van der Waals surface area contributed by atoms with Crippen LogP contribution in [-0.2, 0) is 0 Å². The van der Waals surface area contributed by atoms with Gasteiger partial charge in [-0.1, -0.05) is 0 Å². The number of aryl methyl sites for hydroxylation is 1. The Morgan fingerprint density at radius 3 is 2.74 bits per heavy atom. The van der Waals surface area contributed by atoms with E-state index in [1.807, 2.05) is 44.1 Å². The minimum Gasteiger partial charge on any atom is -0.463 e. The van der Waals surface area contributed by atoms with E-state index in [-0.39, 0.29) is 5.91 Å². The molecule has 0 aliphatic heterocycles. The summed E-state index contributed by atoms with van der Waals surface area (Å²) in [5.74, 6) is 0.378. The average Bonchev–Trinajstić information content (AvgIpc) is 3.19. The zero-order chi connectivity index (χ0) is 16.4. The van der Waals surface area contributed by atoms with Gasteiger partial charge in [0.2, 0.25) is 0 Å². The van der Waals surface area contributed by atoms with Gasteiger partial charge in [-0.25, -0.2) is 0 Å². The Morgan fingerprint density at radius 2 is 2.09 bits per heavy atom. The van der Waals surface area contributed by atoms with Crippen molar-refractivity contribution in [3.8, 4) is 11.5 Å². The molecule has 2 aromatic heterocycles. The minimum atomic E-state index is -0.264. The quantitative estimate of drug-likeness (QED) is 0.775. The van der Waals surface area contributed by atoms with E-state index in [4.69, 9.17) is 4.42 Å². The van der Waals surface area contributed by atoms with Gasteiger partial charge in [0, 0.05) is 31.5 Å². The summed E-state index contributed by atoms with van der Waals surface area (Å²) in [4.78, 5) is 14.3. The molecule has 6 heteroatoms. The van der Waals surface area contributed by atoms with Gasteiger partial charge in [0.25, 0.3) is 5.91 Å². The van der Waals surface area contributed by atoms with E-state index in [1.54, 1.807) is 24.5 Å². The third-order valence-electron chi connectivity index (χ3n) is 3.57. The number of hydrogen-bond donors (Lipinski definition) is 2. The third kappa shape index (κ3) is 3.11. The molecule has 6 nitrogen and oxygen atoms in total. The molecule has 23 heavy (non-hydrogen) atoms. The lowest BCUT2D eigenvalue weighted by atomic mass is 10.1. The topological polar surface area (TPSA) is 74.2 Å².